The van der Waals surface area contributed by atoms with Crippen LogP contribution >= 0.6 is 12.4 Å². The Kier molecular flexibility index (Phi) is 7.69. The van der Waals surface area contributed by atoms with Crippen LogP contribution < -0.4 is 10.5 Å². The molecule has 124 valence electrons. The highest BCUT2D eigenvalue weighted by molar-refractivity contribution is 5.85. The summed E-state index contributed by atoms with van der Waals surface area (Å²) in [6.45, 7) is 0.709. The van der Waals surface area contributed by atoms with E-state index in [9.17, 15) is 4.79 Å². The number of likely N-dealkylation sites (N-methyl/N-ethyl adjacent to an activating group) is 1. The van der Waals surface area contributed by atoms with Crippen LogP contribution in [0.2, 0.25) is 0 Å². The average molecular weight is 327 g/mol. The topological polar surface area (TPSA) is 55.6 Å². The van der Waals surface area contributed by atoms with E-state index in [1.165, 1.54) is 0 Å². The summed E-state index contributed by atoms with van der Waals surface area (Å²) < 4.78 is 5.34. The number of carbonyl (C=O) groups is 1. The molecule has 1 aromatic carbocycles. The molecular weight excluding hydrogens is 300 g/mol. The molecule has 2 atom stereocenters. The normalized spacial score (nSPS) is 20.3. The fourth-order valence-corrected chi connectivity index (χ4v) is 3.02. The molecule has 0 aromatic heterocycles. The Bertz CT molecular complexity index is 481. The fourth-order valence-electron chi connectivity index (χ4n) is 3.02. The van der Waals surface area contributed by atoms with Gasteiger partial charge in [-0.1, -0.05) is 24.6 Å². The molecule has 1 fully saturated rings. The summed E-state index contributed by atoms with van der Waals surface area (Å²) in [5, 5.41) is 0. The van der Waals surface area contributed by atoms with Gasteiger partial charge in [-0.3, -0.25) is 4.79 Å². The number of amides is 1. The molecule has 0 spiro atoms. The number of hydrogen-bond acceptors (Lipinski definition) is 3. The standard InChI is InChI=1S/C17H26N2O2.ClH/c1-19(17(20)12-14-7-5-8-15(14)18)11-10-13-6-3-4-9-16(13)21-2;/h3-4,6,9,14-15H,5,7-8,10-12,18H2,1-2H3;1H/t14-,15+;/m0./s1. The Labute approximate surface area is 139 Å². The van der Waals surface area contributed by atoms with Gasteiger partial charge in [0.25, 0.3) is 0 Å². The minimum atomic E-state index is 0. The lowest BCUT2D eigenvalue weighted by molar-refractivity contribution is -0.130. The Morgan fingerprint density at radius 3 is 2.73 bits per heavy atom. The Morgan fingerprint density at radius 2 is 2.09 bits per heavy atom. The van der Waals surface area contributed by atoms with Crippen LogP contribution in [0.3, 0.4) is 0 Å². The Hall–Kier alpha value is -1.26. The molecule has 1 saturated carbocycles. The number of para-hydroxylation sites is 1. The van der Waals surface area contributed by atoms with Gasteiger partial charge in [-0.2, -0.15) is 0 Å². The second-order valence-electron chi connectivity index (χ2n) is 5.94. The van der Waals surface area contributed by atoms with E-state index >= 15 is 0 Å². The summed E-state index contributed by atoms with van der Waals surface area (Å²) in [7, 11) is 3.55. The highest BCUT2D eigenvalue weighted by atomic mass is 35.5. The first-order valence-corrected chi connectivity index (χ1v) is 7.73. The molecule has 5 heteroatoms. The maximum atomic E-state index is 12.3. The first-order chi connectivity index (χ1) is 10.1. The van der Waals surface area contributed by atoms with Crippen molar-refractivity contribution in [2.45, 2.75) is 38.1 Å². The first-order valence-electron chi connectivity index (χ1n) is 7.73. The molecule has 2 N–H and O–H groups in total. The van der Waals surface area contributed by atoms with Gasteiger partial charge in [-0.25, -0.2) is 0 Å². The minimum absolute atomic E-state index is 0. The van der Waals surface area contributed by atoms with Crippen LogP contribution in [0.1, 0.15) is 31.2 Å². The molecule has 0 aliphatic heterocycles. The molecule has 2 rings (SSSR count). The van der Waals surface area contributed by atoms with Crippen molar-refractivity contribution in [1.29, 1.82) is 0 Å². The van der Waals surface area contributed by atoms with Crippen molar-refractivity contribution < 1.29 is 9.53 Å². The van der Waals surface area contributed by atoms with E-state index < -0.39 is 0 Å². The van der Waals surface area contributed by atoms with Crippen molar-refractivity contribution in [3.8, 4) is 5.75 Å². The summed E-state index contributed by atoms with van der Waals surface area (Å²) in [5.41, 5.74) is 7.18. The van der Waals surface area contributed by atoms with Crippen LogP contribution in [-0.4, -0.2) is 37.6 Å². The second kappa shape index (κ2) is 9.01. The van der Waals surface area contributed by atoms with Crippen LogP contribution in [0.15, 0.2) is 24.3 Å². The summed E-state index contributed by atoms with van der Waals surface area (Å²) in [6.07, 6.45) is 4.70. The van der Waals surface area contributed by atoms with E-state index in [2.05, 4.69) is 0 Å². The minimum Gasteiger partial charge on any atom is -0.496 e. The van der Waals surface area contributed by atoms with Crippen molar-refractivity contribution in [1.82, 2.24) is 4.90 Å². The predicted octanol–water partition coefficient (Wildman–Crippen LogP) is 2.64. The summed E-state index contributed by atoms with van der Waals surface area (Å²) >= 11 is 0. The molecule has 0 bridgehead atoms. The smallest absolute Gasteiger partial charge is 0.222 e. The molecule has 0 radical (unpaired) electrons. The third kappa shape index (κ3) is 4.89. The lowest BCUT2D eigenvalue weighted by Crippen LogP contribution is -2.34. The molecule has 0 saturated heterocycles. The molecule has 0 unspecified atom stereocenters. The van der Waals surface area contributed by atoms with Crippen LogP contribution in [0, 0.1) is 5.92 Å². The maximum Gasteiger partial charge on any atom is 0.222 e. The third-order valence-electron chi connectivity index (χ3n) is 4.49. The fraction of sp³-hybridized carbons (Fsp3) is 0.588. The molecule has 1 aliphatic carbocycles. The highest BCUT2D eigenvalue weighted by Gasteiger charge is 2.27. The average Bonchev–Trinajstić information content (AvgIpc) is 2.90. The number of nitrogens with zero attached hydrogens (tertiary/aromatic N) is 1. The Balaban J connectivity index is 0.00000242. The van der Waals surface area contributed by atoms with Gasteiger partial charge < -0.3 is 15.4 Å². The van der Waals surface area contributed by atoms with Gasteiger partial charge in [0, 0.05) is 26.1 Å². The lowest BCUT2D eigenvalue weighted by Gasteiger charge is -2.21. The number of benzene rings is 1. The molecule has 4 nitrogen and oxygen atoms in total. The van der Waals surface area contributed by atoms with E-state index in [-0.39, 0.29) is 24.4 Å². The molecule has 0 heterocycles. The van der Waals surface area contributed by atoms with Crippen molar-refractivity contribution in [3.63, 3.8) is 0 Å². The maximum absolute atomic E-state index is 12.3. The zero-order valence-electron chi connectivity index (χ0n) is 13.5. The molecule has 22 heavy (non-hydrogen) atoms. The van der Waals surface area contributed by atoms with Crippen LogP contribution in [0.5, 0.6) is 5.75 Å². The number of carbonyl (C=O) groups excluding carboxylic acids is 1. The van der Waals surface area contributed by atoms with Crippen molar-refractivity contribution in [3.05, 3.63) is 29.8 Å². The van der Waals surface area contributed by atoms with Gasteiger partial charge in [0.05, 0.1) is 7.11 Å². The molecule has 1 amide bonds. The zero-order chi connectivity index (χ0) is 15.2. The van der Waals surface area contributed by atoms with E-state index in [1.807, 2.05) is 36.2 Å². The SMILES string of the molecule is COc1ccccc1CCN(C)C(=O)C[C@@H]1CCC[C@H]1N.Cl. The number of nitrogens with two attached hydrogens (primary N) is 1. The van der Waals surface area contributed by atoms with Crippen molar-refractivity contribution >= 4 is 18.3 Å². The van der Waals surface area contributed by atoms with E-state index in [0.717, 1.165) is 37.0 Å². The summed E-state index contributed by atoms with van der Waals surface area (Å²) in [6, 6.07) is 8.16. The summed E-state index contributed by atoms with van der Waals surface area (Å²) in [4.78, 5) is 14.1. The van der Waals surface area contributed by atoms with Crippen LogP contribution in [-0.2, 0) is 11.2 Å². The molecule has 1 aromatic rings. The monoisotopic (exact) mass is 326 g/mol. The Morgan fingerprint density at radius 1 is 1.36 bits per heavy atom. The number of halogens is 1. The van der Waals surface area contributed by atoms with Gasteiger partial charge in [0.15, 0.2) is 0 Å². The lowest BCUT2D eigenvalue weighted by atomic mass is 9.99. The predicted molar refractivity (Wildman–Crippen MR) is 91.5 cm³/mol. The van der Waals surface area contributed by atoms with Gasteiger partial charge in [-0.05, 0) is 36.8 Å². The second-order valence-corrected chi connectivity index (χ2v) is 5.94. The highest BCUT2D eigenvalue weighted by Crippen LogP contribution is 2.27. The summed E-state index contributed by atoms with van der Waals surface area (Å²) in [5.74, 6) is 1.45. The van der Waals surface area contributed by atoms with E-state index in [4.69, 9.17) is 10.5 Å². The first kappa shape index (κ1) is 18.8. The largest absolute Gasteiger partial charge is 0.496 e. The van der Waals surface area contributed by atoms with Gasteiger partial charge >= 0.3 is 0 Å². The quantitative estimate of drug-likeness (QED) is 0.874. The third-order valence-corrected chi connectivity index (χ3v) is 4.49. The van der Waals surface area contributed by atoms with Gasteiger partial charge in [0.2, 0.25) is 5.91 Å². The van der Waals surface area contributed by atoms with Crippen LogP contribution in [0.25, 0.3) is 0 Å². The zero-order valence-corrected chi connectivity index (χ0v) is 14.3. The molecular formula is C17H27ClN2O2. The van der Waals surface area contributed by atoms with Crippen molar-refractivity contribution in [2.24, 2.45) is 11.7 Å². The van der Waals surface area contributed by atoms with Crippen LogP contribution in [0.4, 0.5) is 0 Å². The van der Waals surface area contributed by atoms with E-state index in [1.54, 1.807) is 7.11 Å². The van der Waals surface area contributed by atoms with E-state index in [0.29, 0.717) is 18.9 Å². The number of ether oxygens (including phenoxy) is 1. The van der Waals surface area contributed by atoms with Gasteiger partial charge in [0.1, 0.15) is 5.75 Å². The van der Waals surface area contributed by atoms with Gasteiger partial charge in [-0.15, -0.1) is 12.4 Å². The number of methoxy groups -OCH3 is 1. The molecule has 1 aliphatic rings. The number of rotatable bonds is 6. The van der Waals surface area contributed by atoms with Crippen molar-refractivity contribution in [2.75, 3.05) is 20.7 Å². The number of hydrogen-bond donors (Lipinski definition) is 1.